The van der Waals surface area contributed by atoms with E-state index in [4.69, 9.17) is 4.74 Å². The fourth-order valence-corrected chi connectivity index (χ4v) is 1.80. The Bertz CT molecular complexity index is 664. The summed E-state index contributed by atoms with van der Waals surface area (Å²) in [5.74, 6) is 0.131. The molecule has 1 aromatic heterocycles. The molecule has 1 heterocycles. The van der Waals surface area contributed by atoms with E-state index in [2.05, 4.69) is 20.9 Å². The number of nitrogens with zero attached hydrogens (tertiary/aromatic N) is 1. The number of hydrogen-bond acceptors (Lipinski definition) is 4. The number of amides is 2. The van der Waals surface area contributed by atoms with Crippen LogP contribution in [0.4, 0.5) is 26.4 Å². The summed E-state index contributed by atoms with van der Waals surface area (Å²) >= 11 is 0. The van der Waals surface area contributed by atoms with E-state index in [1.165, 1.54) is 13.2 Å². The van der Waals surface area contributed by atoms with Crippen molar-refractivity contribution in [3.05, 3.63) is 42.3 Å². The van der Waals surface area contributed by atoms with E-state index in [1.807, 2.05) is 6.92 Å². The lowest BCUT2D eigenvalue weighted by molar-refractivity contribution is 0.252. The molecule has 0 spiro atoms. The molecule has 2 amide bonds. The van der Waals surface area contributed by atoms with Gasteiger partial charge in [0.2, 0.25) is 0 Å². The SMILES string of the molecule is CCNC(=O)Nc1cc(Nc2ccc(F)c(OC)c2)ccn1. The van der Waals surface area contributed by atoms with Gasteiger partial charge in [0.1, 0.15) is 5.82 Å². The minimum atomic E-state index is -0.429. The Balaban J connectivity index is 2.11. The summed E-state index contributed by atoms with van der Waals surface area (Å²) in [5.41, 5.74) is 1.36. The lowest BCUT2D eigenvalue weighted by Crippen LogP contribution is -2.28. The summed E-state index contributed by atoms with van der Waals surface area (Å²) in [7, 11) is 1.41. The van der Waals surface area contributed by atoms with Crippen molar-refractivity contribution in [2.45, 2.75) is 6.92 Å². The number of ether oxygens (including phenoxy) is 1. The molecular weight excluding hydrogens is 287 g/mol. The van der Waals surface area contributed by atoms with Crippen molar-refractivity contribution in [3.8, 4) is 5.75 Å². The fourth-order valence-electron chi connectivity index (χ4n) is 1.80. The molecule has 0 unspecified atom stereocenters. The van der Waals surface area contributed by atoms with Crippen molar-refractivity contribution in [3.63, 3.8) is 0 Å². The molecule has 2 aromatic rings. The minimum Gasteiger partial charge on any atom is -0.494 e. The highest BCUT2D eigenvalue weighted by Gasteiger charge is 2.05. The second-order valence-electron chi connectivity index (χ2n) is 4.39. The van der Waals surface area contributed by atoms with Gasteiger partial charge < -0.3 is 15.4 Å². The monoisotopic (exact) mass is 304 g/mol. The first-order chi connectivity index (χ1) is 10.6. The molecule has 116 valence electrons. The van der Waals surface area contributed by atoms with Crippen molar-refractivity contribution < 1.29 is 13.9 Å². The standard InChI is InChI=1S/C15H17FN4O2/c1-3-17-15(21)20-14-9-11(6-7-18-14)19-10-4-5-12(16)13(8-10)22-2/h4-9H,3H2,1-2H3,(H3,17,18,19,20,21). The number of pyridine rings is 1. The van der Waals surface area contributed by atoms with Gasteiger partial charge in [0, 0.05) is 36.2 Å². The Morgan fingerprint density at radius 1 is 1.27 bits per heavy atom. The van der Waals surface area contributed by atoms with E-state index in [0.29, 0.717) is 23.7 Å². The van der Waals surface area contributed by atoms with Crippen LogP contribution in [0.15, 0.2) is 36.5 Å². The number of methoxy groups -OCH3 is 1. The molecule has 0 aliphatic rings. The van der Waals surface area contributed by atoms with Crippen molar-refractivity contribution in [2.24, 2.45) is 0 Å². The summed E-state index contributed by atoms with van der Waals surface area (Å²) < 4.78 is 18.3. The predicted molar refractivity (Wildman–Crippen MR) is 83.2 cm³/mol. The molecule has 22 heavy (non-hydrogen) atoms. The molecule has 6 nitrogen and oxygen atoms in total. The molecule has 0 fully saturated rings. The van der Waals surface area contributed by atoms with Crippen LogP contribution in [0.25, 0.3) is 0 Å². The highest BCUT2D eigenvalue weighted by atomic mass is 19.1. The second-order valence-corrected chi connectivity index (χ2v) is 4.39. The van der Waals surface area contributed by atoms with Gasteiger partial charge in [-0.25, -0.2) is 14.2 Å². The van der Waals surface area contributed by atoms with Crippen LogP contribution in [0, 0.1) is 5.82 Å². The van der Waals surface area contributed by atoms with Crippen LogP contribution in [0.1, 0.15) is 6.92 Å². The molecular formula is C15H17FN4O2. The van der Waals surface area contributed by atoms with Gasteiger partial charge in [-0.05, 0) is 25.1 Å². The van der Waals surface area contributed by atoms with Crippen molar-refractivity contribution in [1.29, 1.82) is 0 Å². The van der Waals surface area contributed by atoms with E-state index in [0.717, 1.165) is 0 Å². The lowest BCUT2D eigenvalue weighted by Gasteiger charge is -2.10. The molecule has 3 N–H and O–H groups in total. The van der Waals surface area contributed by atoms with Gasteiger partial charge in [0.05, 0.1) is 7.11 Å². The van der Waals surface area contributed by atoms with Gasteiger partial charge in [0.25, 0.3) is 0 Å². The smallest absolute Gasteiger partial charge is 0.320 e. The fraction of sp³-hybridized carbons (Fsp3) is 0.200. The number of anilines is 3. The average molecular weight is 304 g/mol. The second kappa shape index (κ2) is 7.26. The van der Waals surface area contributed by atoms with Crippen molar-refractivity contribution >= 4 is 23.2 Å². The number of carbonyl (C=O) groups excluding carboxylic acids is 1. The van der Waals surface area contributed by atoms with E-state index in [1.54, 1.807) is 30.5 Å². The van der Waals surface area contributed by atoms with Crippen LogP contribution in [0.3, 0.4) is 0 Å². The van der Waals surface area contributed by atoms with E-state index in [9.17, 15) is 9.18 Å². The number of aromatic nitrogens is 1. The predicted octanol–water partition coefficient (Wildman–Crippen LogP) is 3.11. The van der Waals surface area contributed by atoms with E-state index in [-0.39, 0.29) is 11.8 Å². The topological polar surface area (TPSA) is 75.3 Å². The number of halogens is 1. The maximum atomic E-state index is 13.4. The third kappa shape index (κ3) is 4.08. The number of benzene rings is 1. The number of urea groups is 1. The van der Waals surface area contributed by atoms with E-state index < -0.39 is 5.82 Å². The summed E-state index contributed by atoms with van der Waals surface area (Å²) in [6.45, 7) is 2.35. The molecule has 7 heteroatoms. The van der Waals surface area contributed by atoms with Crippen molar-refractivity contribution in [2.75, 3.05) is 24.3 Å². The Labute approximate surface area is 127 Å². The number of nitrogens with one attached hydrogen (secondary N) is 3. The minimum absolute atomic E-state index is 0.153. The first-order valence-corrected chi connectivity index (χ1v) is 6.74. The quantitative estimate of drug-likeness (QED) is 0.793. The Hall–Kier alpha value is -2.83. The molecule has 0 saturated carbocycles. The molecule has 0 atom stereocenters. The molecule has 0 saturated heterocycles. The maximum Gasteiger partial charge on any atom is 0.320 e. The Morgan fingerprint density at radius 2 is 2.05 bits per heavy atom. The number of rotatable bonds is 5. The third-order valence-electron chi connectivity index (χ3n) is 2.78. The first-order valence-electron chi connectivity index (χ1n) is 6.74. The normalized spacial score (nSPS) is 9.95. The molecule has 1 aromatic carbocycles. The van der Waals surface area contributed by atoms with Crippen LogP contribution in [0.2, 0.25) is 0 Å². The van der Waals surface area contributed by atoms with Gasteiger partial charge in [0.15, 0.2) is 11.6 Å². The number of carbonyl (C=O) groups is 1. The van der Waals surface area contributed by atoms with Gasteiger partial charge in [-0.2, -0.15) is 0 Å². The highest BCUT2D eigenvalue weighted by Crippen LogP contribution is 2.24. The zero-order valence-electron chi connectivity index (χ0n) is 12.3. The van der Waals surface area contributed by atoms with Crippen LogP contribution in [-0.2, 0) is 0 Å². The molecule has 2 rings (SSSR count). The first kappa shape index (κ1) is 15.6. The summed E-state index contributed by atoms with van der Waals surface area (Å²) in [4.78, 5) is 15.5. The van der Waals surface area contributed by atoms with Crippen LogP contribution in [-0.4, -0.2) is 24.7 Å². The summed E-state index contributed by atoms with van der Waals surface area (Å²) in [6, 6.07) is 7.54. The van der Waals surface area contributed by atoms with Gasteiger partial charge in [-0.15, -0.1) is 0 Å². The summed E-state index contributed by atoms with van der Waals surface area (Å²) in [6.07, 6.45) is 1.56. The molecule has 0 aliphatic carbocycles. The maximum absolute atomic E-state index is 13.4. The largest absolute Gasteiger partial charge is 0.494 e. The van der Waals surface area contributed by atoms with Gasteiger partial charge in [-0.1, -0.05) is 0 Å². The van der Waals surface area contributed by atoms with Crippen LogP contribution >= 0.6 is 0 Å². The molecule has 0 bridgehead atoms. The van der Waals surface area contributed by atoms with E-state index >= 15 is 0 Å². The average Bonchev–Trinajstić information content (AvgIpc) is 2.50. The highest BCUT2D eigenvalue weighted by molar-refractivity contribution is 5.88. The zero-order chi connectivity index (χ0) is 15.9. The Kier molecular flexibility index (Phi) is 5.13. The van der Waals surface area contributed by atoms with Crippen molar-refractivity contribution in [1.82, 2.24) is 10.3 Å². The van der Waals surface area contributed by atoms with Crippen LogP contribution in [0.5, 0.6) is 5.75 Å². The molecule has 0 aliphatic heterocycles. The number of hydrogen-bond donors (Lipinski definition) is 3. The summed E-state index contributed by atoms with van der Waals surface area (Å²) in [5, 5.41) is 8.32. The van der Waals surface area contributed by atoms with Gasteiger partial charge in [-0.3, -0.25) is 5.32 Å². The third-order valence-corrected chi connectivity index (χ3v) is 2.78. The van der Waals surface area contributed by atoms with Gasteiger partial charge >= 0.3 is 6.03 Å². The Morgan fingerprint density at radius 3 is 2.77 bits per heavy atom. The molecule has 0 radical (unpaired) electrons. The lowest BCUT2D eigenvalue weighted by atomic mass is 10.2. The zero-order valence-corrected chi connectivity index (χ0v) is 12.3. The van der Waals surface area contributed by atoms with Crippen LogP contribution < -0.4 is 20.7 Å².